The monoisotopic (exact) mass is 328 g/mol. The standard InChI is InChI=1S/C13H14BrFN2O2/c1-18-13(10(16)7-15)9-4-2-8(3-5-9)11-6-12(14)17-19-11/h2-6,10,13H,7,16H2,1H3. The van der Waals surface area contributed by atoms with Crippen molar-refractivity contribution in [2.24, 2.45) is 5.73 Å². The summed E-state index contributed by atoms with van der Waals surface area (Å²) in [5, 5.41) is 3.76. The molecule has 0 aliphatic carbocycles. The summed E-state index contributed by atoms with van der Waals surface area (Å²) in [6, 6.07) is 8.51. The van der Waals surface area contributed by atoms with Crippen LogP contribution in [0.25, 0.3) is 11.3 Å². The lowest BCUT2D eigenvalue weighted by Gasteiger charge is -2.20. The lowest BCUT2D eigenvalue weighted by Crippen LogP contribution is -2.31. The van der Waals surface area contributed by atoms with Crippen molar-refractivity contribution < 1.29 is 13.7 Å². The predicted molar refractivity (Wildman–Crippen MR) is 73.3 cm³/mol. The molecule has 19 heavy (non-hydrogen) atoms. The van der Waals surface area contributed by atoms with Gasteiger partial charge in [0.05, 0.1) is 12.1 Å². The summed E-state index contributed by atoms with van der Waals surface area (Å²) in [6.45, 7) is -0.630. The fraction of sp³-hybridized carbons (Fsp3) is 0.308. The quantitative estimate of drug-likeness (QED) is 0.916. The Balaban J connectivity index is 2.22. The van der Waals surface area contributed by atoms with Crippen LogP contribution in [0.5, 0.6) is 0 Å². The molecule has 102 valence electrons. The summed E-state index contributed by atoms with van der Waals surface area (Å²) >= 11 is 3.22. The third-order valence-corrected chi connectivity index (χ3v) is 3.20. The molecule has 0 amide bonds. The number of halogens is 2. The second kappa shape index (κ2) is 6.27. The van der Waals surface area contributed by atoms with Crippen molar-refractivity contribution in [2.75, 3.05) is 13.8 Å². The van der Waals surface area contributed by atoms with Gasteiger partial charge in [-0.25, -0.2) is 4.39 Å². The maximum Gasteiger partial charge on any atom is 0.168 e. The van der Waals surface area contributed by atoms with E-state index in [-0.39, 0.29) is 0 Å². The molecule has 0 saturated heterocycles. The lowest BCUT2D eigenvalue weighted by atomic mass is 10.0. The summed E-state index contributed by atoms with van der Waals surface area (Å²) < 4.78 is 23.6. The number of ether oxygens (including phenoxy) is 1. The number of hydrogen-bond donors (Lipinski definition) is 1. The summed E-state index contributed by atoms with van der Waals surface area (Å²) in [6.07, 6.45) is -0.458. The maximum atomic E-state index is 12.6. The van der Waals surface area contributed by atoms with Crippen LogP contribution in [0, 0.1) is 0 Å². The molecule has 2 rings (SSSR count). The van der Waals surface area contributed by atoms with Crippen LogP contribution < -0.4 is 5.73 Å². The second-order valence-electron chi connectivity index (χ2n) is 4.11. The van der Waals surface area contributed by atoms with Gasteiger partial charge in [0.1, 0.15) is 11.3 Å². The molecule has 0 spiro atoms. The van der Waals surface area contributed by atoms with E-state index >= 15 is 0 Å². The highest BCUT2D eigenvalue weighted by Gasteiger charge is 2.19. The van der Waals surface area contributed by atoms with Crippen molar-refractivity contribution in [3.05, 3.63) is 40.5 Å². The fourth-order valence-corrected chi connectivity index (χ4v) is 2.15. The Kier molecular flexibility index (Phi) is 4.68. The molecule has 2 aromatic rings. The summed E-state index contributed by atoms with van der Waals surface area (Å²) in [7, 11) is 1.52. The van der Waals surface area contributed by atoms with Gasteiger partial charge in [0.2, 0.25) is 0 Å². The summed E-state index contributed by atoms with van der Waals surface area (Å²) in [4.78, 5) is 0. The summed E-state index contributed by atoms with van der Waals surface area (Å²) in [5.74, 6) is 0.655. The molecule has 6 heteroatoms. The van der Waals surface area contributed by atoms with E-state index in [4.69, 9.17) is 15.0 Å². The van der Waals surface area contributed by atoms with Gasteiger partial charge >= 0.3 is 0 Å². The zero-order valence-corrected chi connectivity index (χ0v) is 11.9. The number of benzene rings is 1. The van der Waals surface area contributed by atoms with Crippen LogP contribution >= 0.6 is 15.9 Å². The zero-order valence-electron chi connectivity index (χ0n) is 10.3. The molecule has 0 aliphatic rings. The van der Waals surface area contributed by atoms with Gasteiger partial charge in [-0.2, -0.15) is 0 Å². The minimum Gasteiger partial charge on any atom is -0.375 e. The topological polar surface area (TPSA) is 61.3 Å². The van der Waals surface area contributed by atoms with Crippen molar-refractivity contribution in [1.29, 1.82) is 0 Å². The van der Waals surface area contributed by atoms with Gasteiger partial charge in [-0.3, -0.25) is 0 Å². The van der Waals surface area contributed by atoms with Crippen LogP contribution in [-0.4, -0.2) is 25.0 Å². The Hall–Kier alpha value is -1.24. The Bertz CT molecular complexity index is 530. The number of rotatable bonds is 5. The molecule has 0 saturated carbocycles. The Morgan fingerprint density at radius 1 is 1.42 bits per heavy atom. The number of aromatic nitrogens is 1. The first-order valence-electron chi connectivity index (χ1n) is 5.72. The molecule has 0 fully saturated rings. The molecule has 2 unspecified atom stereocenters. The number of hydrogen-bond acceptors (Lipinski definition) is 4. The minimum absolute atomic E-state index is 0.458. The van der Waals surface area contributed by atoms with Gasteiger partial charge in [0.15, 0.2) is 5.76 Å². The molecular formula is C13H14BrFN2O2. The third kappa shape index (κ3) is 3.20. The minimum atomic E-state index is -0.671. The SMILES string of the molecule is COC(c1ccc(-c2cc(Br)no2)cc1)C(N)CF. The van der Waals surface area contributed by atoms with E-state index in [1.807, 2.05) is 24.3 Å². The van der Waals surface area contributed by atoms with E-state index in [2.05, 4.69) is 21.1 Å². The first-order chi connectivity index (χ1) is 9.15. The van der Waals surface area contributed by atoms with Gasteiger partial charge < -0.3 is 15.0 Å². The Labute approximate surface area is 118 Å². The number of alkyl halides is 1. The van der Waals surface area contributed by atoms with E-state index in [0.29, 0.717) is 10.4 Å². The molecule has 1 aromatic heterocycles. The molecular weight excluding hydrogens is 315 g/mol. The molecule has 4 nitrogen and oxygen atoms in total. The lowest BCUT2D eigenvalue weighted by molar-refractivity contribution is 0.0721. The number of nitrogens with zero attached hydrogens (tertiary/aromatic N) is 1. The molecule has 1 heterocycles. The Morgan fingerprint density at radius 2 is 2.11 bits per heavy atom. The fourth-order valence-electron chi connectivity index (χ4n) is 1.87. The van der Waals surface area contributed by atoms with E-state index in [1.54, 1.807) is 6.07 Å². The molecule has 2 N–H and O–H groups in total. The average Bonchev–Trinajstić information content (AvgIpc) is 2.87. The van der Waals surface area contributed by atoms with Crippen molar-refractivity contribution in [2.45, 2.75) is 12.1 Å². The van der Waals surface area contributed by atoms with Gasteiger partial charge in [0.25, 0.3) is 0 Å². The highest BCUT2D eigenvalue weighted by atomic mass is 79.9. The van der Waals surface area contributed by atoms with Crippen molar-refractivity contribution in [1.82, 2.24) is 5.16 Å². The molecule has 0 aliphatic heterocycles. The molecule has 0 bridgehead atoms. The van der Waals surface area contributed by atoms with E-state index in [0.717, 1.165) is 11.1 Å². The second-order valence-corrected chi connectivity index (χ2v) is 4.92. The zero-order chi connectivity index (χ0) is 13.8. The molecule has 1 aromatic carbocycles. The van der Waals surface area contributed by atoms with Gasteiger partial charge in [-0.1, -0.05) is 29.4 Å². The van der Waals surface area contributed by atoms with Crippen LogP contribution in [0.3, 0.4) is 0 Å². The average molecular weight is 329 g/mol. The van der Waals surface area contributed by atoms with Crippen LogP contribution in [0.15, 0.2) is 39.5 Å². The summed E-state index contributed by atoms with van der Waals surface area (Å²) in [5.41, 5.74) is 7.39. The molecule has 2 atom stereocenters. The first kappa shape index (κ1) is 14.2. The van der Waals surface area contributed by atoms with Crippen molar-refractivity contribution in [3.8, 4) is 11.3 Å². The maximum absolute atomic E-state index is 12.6. The van der Waals surface area contributed by atoms with Gasteiger partial charge in [0, 0.05) is 18.7 Å². The first-order valence-corrected chi connectivity index (χ1v) is 6.52. The van der Waals surface area contributed by atoms with Crippen LogP contribution in [-0.2, 0) is 4.74 Å². The van der Waals surface area contributed by atoms with E-state index in [9.17, 15) is 4.39 Å². The smallest absolute Gasteiger partial charge is 0.168 e. The highest BCUT2D eigenvalue weighted by Crippen LogP contribution is 2.26. The highest BCUT2D eigenvalue weighted by molar-refractivity contribution is 9.10. The normalized spacial score (nSPS) is 14.3. The largest absolute Gasteiger partial charge is 0.375 e. The predicted octanol–water partition coefficient (Wildman–Crippen LogP) is 3.09. The van der Waals surface area contributed by atoms with Gasteiger partial charge in [-0.15, -0.1) is 0 Å². The number of nitrogens with two attached hydrogens (primary N) is 1. The van der Waals surface area contributed by atoms with E-state index < -0.39 is 18.8 Å². The van der Waals surface area contributed by atoms with Crippen LogP contribution in [0.4, 0.5) is 4.39 Å². The van der Waals surface area contributed by atoms with Crippen LogP contribution in [0.1, 0.15) is 11.7 Å². The van der Waals surface area contributed by atoms with E-state index in [1.165, 1.54) is 7.11 Å². The van der Waals surface area contributed by atoms with Crippen LogP contribution in [0.2, 0.25) is 0 Å². The Morgan fingerprint density at radius 3 is 2.58 bits per heavy atom. The van der Waals surface area contributed by atoms with Crippen molar-refractivity contribution in [3.63, 3.8) is 0 Å². The van der Waals surface area contributed by atoms with Crippen molar-refractivity contribution >= 4 is 15.9 Å². The third-order valence-electron chi connectivity index (χ3n) is 2.83. The van der Waals surface area contributed by atoms with Gasteiger partial charge in [-0.05, 0) is 21.5 Å². The molecule has 0 radical (unpaired) electrons. The number of methoxy groups -OCH3 is 1.